The zero-order valence-electron chi connectivity index (χ0n) is 20.3. The first-order valence-electron chi connectivity index (χ1n) is 12.1. The summed E-state index contributed by atoms with van der Waals surface area (Å²) < 4.78 is 0. The summed E-state index contributed by atoms with van der Waals surface area (Å²) in [5, 5.41) is 11.8. The van der Waals surface area contributed by atoms with Gasteiger partial charge >= 0.3 is 5.97 Å². The van der Waals surface area contributed by atoms with Crippen molar-refractivity contribution in [3.05, 3.63) is 48.6 Å². The van der Waals surface area contributed by atoms with E-state index in [4.69, 9.17) is 11.5 Å². The summed E-state index contributed by atoms with van der Waals surface area (Å²) in [5.41, 5.74) is 10.5. The number of carboxylic acid groups (broad SMARTS) is 1. The molecule has 0 fully saturated rings. The van der Waals surface area contributed by atoms with Gasteiger partial charge in [0.1, 0.15) is 6.04 Å². The molecule has 7 heteroatoms. The second kappa shape index (κ2) is 22.4. The summed E-state index contributed by atoms with van der Waals surface area (Å²) in [7, 11) is 0. The highest BCUT2D eigenvalue weighted by Crippen LogP contribution is 2.03. The number of aliphatic imine (C=N–C) groups is 1. The van der Waals surface area contributed by atoms with Crippen molar-refractivity contribution in [3.63, 3.8) is 0 Å². The van der Waals surface area contributed by atoms with Gasteiger partial charge in [-0.05, 0) is 57.8 Å². The topological polar surface area (TPSA) is 131 Å². The summed E-state index contributed by atoms with van der Waals surface area (Å²) in [6.07, 6.45) is 27.7. The molecule has 0 radical (unpaired) electrons. The van der Waals surface area contributed by atoms with Crippen LogP contribution in [0, 0.1) is 0 Å². The highest BCUT2D eigenvalue weighted by Gasteiger charge is 2.18. The van der Waals surface area contributed by atoms with Crippen molar-refractivity contribution >= 4 is 17.8 Å². The number of allylic oxidation sites excluding steroid dienone is 8. The zero-order chi connectivity index (χ0) is 24.6. The summed E-state index contributed by atoms with van der Waals surface area (Å²) in [6.45, 7) is 2.56. The lowest BCUT2D eigenvalue weighted by molar-refractivity contribution is -0.142. The maximum Gasteiger partial charge on any atom is 0.326 e. The lowest BCUT2D eigenvalue weighted by atomic mass is 10.1. The fraction of sp³-hybridized carbons (Fsp3) is 0.577. The summed E-state index contributed by atoms with van der Waals surface area (Å²) in [6, 6.07) is -0.914. The number of aliphatic carboxylic acids is 1. The molecule has 6 N–H and O–H groups in total. The third kappa shape index (κ3) is 22.2. The zero-order valence-corrected chi connectivity index (χ0v) is 20.3. The number of carbonyl (C=O) groups is 2. The number of carbonyl (C=O) groups excluding carboxylic acids is 1. The van der Waals surface area contributed by atoms with Gasteiger partial charge in [0, 0.05) is 13.0 Å². The minimum absolute atomic E-state index is 0.0252. The Balaban J connectivity index is 3.82. The van der Waals surface area contributed by atoms with Crippen molar-refractivity contribution in [1.82, 2.24) is 5.32 Å². The fourth-order valence-corrected chi connectivity index (χ4v) is 2.97. The van der Waals surface area contributed by atoms with Crippen LogP contribution in [-0.4, -0.2) is 35.5 Å². The number of unbranched alkanes of at least 4 members (excludes halogenated alkanes) is 4. The lowest BCUT2D eigenvalue weighted by Gasteiger charge is -2.13. The minimum atomic E-state index is -1.05. The van der Waals surface area contributed by atoms with E-state index in [0.29, 0.717) is 25.8 Å². The van der Waals surface area contributed by atoms with E-state index in [-0.39, 0.29) is 18.3 Å². The van der Waals surface area contributed by atoms with Crippen LogP contribution in [0.4, 0.5) is 0 Å². The first-order chi connectivity index (χ1) is 16.0. The average Bonchev–Trinajstić information content (AvgIpc) is 2.77. The number of guanidine groups is 1. The van der Waals surface area contributed by atoms with Crippen LogP contribution in [0.25, 0.3) is 0 Å². The van der Waals surface area contributed by atoms with Gasteiger partial charge in [0.15, 0.2) is 5.96 Å². The standard InChI is InChI=1S/C26H44N4O3/c1-2-3-4-5-6-7-8-9-10-11-12-13-14-15-16-17-18-21-24(31)30-23(25(32)33)20-19-22-29-26(27)28/h6-7,9-10,12-13,15-16,23H,2-5,8,11,14,17-22H2,1H3,(H,30,31)(H,32,33)(H4,27,28,29)/b7-6+,10-9+,13-12+,16-15+. The second-order valence-corrected chi connectivity index (χ2v) is 7.89. The molecular formula is C26H44N4O3. The molecule has 0 spiro atoms. The Morgan fingerprint density at radius 3 is 1.91 bits per heavy atom. The van der Waals surface area contributed by atoms with Gasteiger partial charge in [0.2, 0.25) is 5.91 Å². The van der Waals surface area contributed by atoms with Crippen molar-refractivity contribution in [2.75, 3.05) is 6.54 Å². The van der Waals surface area contributed by atoms with E-state index in [2.05, 4.69) is 65.8 Å². The molecule has 0 saturated heterocycles. The van der Waals surface area contributed by atoms with Gasteiger partial charge < -0.3 is 21.9 Å². The molecule has 0 heterocycles. The minimum Gasteiger partial charge on any atom is -0.480 e. The SMILES string of the molecule is CCCCC/C=C/C/C=C/C/C=C/C/C=C/CCCC(=O)NC(CCCN=C(N)N)C(=O)O. The van der Waals surface area contributed by atoms with E-state index in [1.165, 1.54) is 25.7 Å². The van der Waals surface area contributed by atoms with Gasteiger partial charge in [-0.25, -0.2) is 4.79 Å². The predicted octanol–water partition coefficient (Wildman–Crippen LogP) is 4.76. The average molecular weight is 461 g/mol. The lowest BCUT2D eigenvalue weighted by Crippen LogP contribution is -2.40. The molecule has 0 aromatic heterocycles. The molecule has 1 amide bonds. The van der Waals surface area contributed by atoms with Gasteiger partial charge in [0.25, 0.3) is 0 Å². The van der Waals surface area contributed by atoms with E-state index in [9.17, 15) is 14.7 Å². The Morgan fingerprint density at radius 1 is 0.848 bits per heavy atom. The highest BCUT2D eigenvalue weighted by molar-refractivity contribution is 5.83. The van der Waals surface area contributed by atoms with Gasteiger partial charge in [-0.2, -0.15) is 0 Å². The largest absolute Gasteiger partial charge is 0.480 e. The molecule has 1 unspecified atom stereocenters. The summed E-state index contributed by atoms with van der Waals surface area (Å²) in [4.78, 5) is 27.1. The Labute approximate surface area is 199 Å². The molecule has 0 aliphatic rings. The summed E-state index contributed by atoms with van der Waals surface area (Å²) in [5.74, 6) is -1.32. The normalized spacial score (nSPS) is 12.8. The number of amides is 1. The summed E-state index contributed by atoms with van der Waals surface area (Å²) >= 11 is 0. The van der Waals surface area contributed by atoms with E-state index < -0.39 is 12.0 Å². The van der Waals surface area contributed by atoms with Crippen LogP contribution < -0.4 is 16.8 Å². The number of hydrogen-bond donors (Lipinski definition) is 4. The van der Waals surface area contributed by atoms with Crippen molar-refractivity contribution in [3.8, 4) is 0 Å². The Kier molecular flexibility index (Phi) is 20.4. The van der Waals surface area contributed by atoms with Crippen LogP contribution in [0.5, 0.6) is 0 Å². The molecule has 33 heavy (non-hydrogen) atoms. The van der Waals surface area contributed by atoms with Crippen molar-refractivity contribution in [2.45, 2.75) is 90.0 Å². The van der Waals surface area contributed by atoms with E-state index in [1.54, 1.807) is 0 Å². The first kappa shape index (κ1) is 30.2. The van der Waals surface area contributed by atoms with Gasteiger partial charge in [-0.1, -0.05) is 68.4 Å². The molecular weight excluding hydrogens is 416 g/mol. The van der Waals surface area contributed by atoms with Gasteiger partial charge in [-0.3, -0.25) is 9.79 Å². The molecule has 186 valence electrons. The number of rotatable bonds is 20. The number of hydrogen-bond acceptors (Lipinski definition) is 3. The molecule has 0 aromatic carbocycles. The first-order valence-corrected chi connectivity index (χ1v) is 12.1. The van der Waals surface area contributed by atoms with Crippen LogP contribution in [-0.2, 0) is 9.59 Å². The molecule has 0 saturated carbocycles. The predicted molar refractivity (Wildman–Crippen MR) is 138 cm³/mol. The van der Waals surface area contributed by atoms with Crippen molar-refractivity contribution in [1.29, 1.82) is 0 Å². The van der Waals surface area contributed by atoms with Crippen LogP contribution in [0.3, 0.4) is 0 Å². The Hall–Kier alpha value is -2.83. The molecule has 0 aromatic rings. The van der Waals surface area contributed by atoms with Crippen LogP contribution in [0.1, 0.15) is 84.0 Å². The Bertz CT molecular complexity index is 662. The molecule has 0 rings (SSSR count). The molecule has 0 bridgehead atoms. The number of nitrogens with one attached hydrogen (secondary N) is 1. The quantitative estimate of drug-likeness (QED) is 0.0900. The van der Waals surface area contributed by atoms with Crippen molar-refractivity contribution < 1.29 is 14.7 Å². The van der Waals surface area contributed by atoms with Crippen LogP contribution >= 0.6 is 0 Å². The van der Waals surface area contributed by atoms with Gasteiger partial charge in [0.05, 0.1) is 0 Å². The van der Waals surface area contributed by atoms with Gasteiger partial charge in [-0.15, -0.1) is 0 Å². The maximum atomic E-state index is 12.0. The van der Waals surface area contributed by atoms with Crippen LogP contribution in [0.2, 0.25) is 0 Å². The monoisotopic (exact) mass is 460 g/mol. The molecule has 0 aliphatic carbocycles. The third-order valence-corrected chi connectivity index (χ3v) is 4.81. The molecule has 7 nitrogen and oxygen atoms in total. The number of nitrogens with two attached hydrogens (primary N) is 2. The smallest absolute Gasteiger partial charge is 0.326 e. The maximum absolute atomic E-state index is 12.0. The van der Waals surface area contributed by atoms with E-state index >= 15 is 0 Å². The second-order valence-electron chi connectivity index (χ2n) is 7.89. The number of nitrogens with zero attached hydrogens (tertiary/aromatic N) is 1. The van der Waals surface area contributed by atoms with Crippen molar-refractivity contribution in [2.24, 2.45) is 16.5 Å². The van der Waals surface area contributed by atoms with E-state index in [0.717, 1.165) is 25.7 Å². The highest BCUT2D eigenvalue weighted by atomic mass is 16.4. The molecule has 0 aliphatic heterocycles. The number of carboxylic acids is 1. The molecule has 1 atom stereocenters. The Morgan fingerprint density at radius 2 is 1.39 bits per heavy atom. The third-order valence-electron chi connectivity index (χ3n) is 4.81. The van der Waals surface area contributed by atoms with Crippen LogP contribution in [0.15, 0.2) is 53.6 Å². The fourth-order valence-electron chi connectivity index (χ4n) is 2.97. The van der Waals surface area contributed by atoms with E-state index in [1.807, 2.05) is 0 Å².